The molecule has 0 bridgehead atoms. The molecule has 2 amide bonds. The number of aliphatic carboxylic acids is 1. The summed E-state index contributed by atoms with van der Waals surface area (Å²) in [6.07, 6.45) is 0.849. The van der Waals surface area contributed by atoms with E-state index in [1.807, 2.05) is 0 Å². The molecule has 1 atom stereocenters. The first-order valence-corrected chi connectivity index (χ1v) is 12.3. The van der Waals surface area contributed by atoms with Crippen molar-refractivity contribution in [1.29, 1.82) is 0 Å². The number of anilines is 2. The molecular formula is C25H25N7O8. The standard InChI is InChI=1S/C25H25N7O8/c26-25-30-22-21(23(37)31-25)29-16(12-28-22)11-27-15-5-1-13(2-6-15)17(33)7-3-14(24(38)39)4-10-20(36)40-32-18(34)8-9-19(32)35/h1-2,5-6,12,14,27H,3-4,7-11H2,(H,38,39)(H3,26,28,30,31,37). The summed E-state index contributed by atoms with van der Waals surface area (Å²) in [5.74, 6) is -4.64. The van der Waals surface area contributed by atoms with Crippen LogP contribution in [-0.4, -0.2) is 59.6 Å². The predicted octanol–water partition coefficient (Wildman–Crippen LogP) is 0.958. The van der Waals surface area contributed by atoms with Gasteiger partial charge in [0.15, 0.2) is 16.9 Å². The number of benzene rings is 1. The van der Waals surface area contributed by atoms with Gasteiger partial charge in [0.05, 0.1) is 24.4 Å². The number of nitrogens with one attached hydrogen (secondary N) is 2. The van der Waals surface area contributed by atoms with Gasteiger partial charge in [0.25, 0.3) is 17.4 Å². The van der Waals surface area contributed by atoms with Crippen LogP contribution in [-0.2, 0) is 30.6 Å². The fourth-order valence-corrected chi connectivity index (χ4v) is 3.96. The Morgan fingerprint density at radius 3 is 2.40 bits per heavy atom. The van der Waals surface area contributed by atoms with Gasteiger partial charge in [-0.1, -0.05) is 0 Å². The average molecular weight is 552 g/mol. The molecule has 1 unspecified atom stereocenters. The lowest BCUT2D eigenvalue weighted by molar-refractivity contribution is -0.197. The van der Waals surface area contributed by atoms with Gasteiger partial charge in [0.1, 0.15) is 0 Å². The molecule has 208 valence electrons. The third kappa shape index (κ3) is 6.80. The number of hydrogen-bond donors (Lipinski definition) is 4. The number of fused-ring (bicyclic) bond motifs is 1. The minimum atomic E-state index is -1.17. The average Bonchev–Trinajstić information content (AvgIpc) is 3.24. The van der Waals surface area contributed by atoms with Gasteiger partial charge in [-0.05, 0) is 37.1 Å². The molecule has 0 aliphatic carbocycles. The van der Waals surface area contributed by atoms with Crippen LogP contribution in [0, 0.1) is 5.92 Å². The van der Waals surface area contributed by atoms with E-state index in [0.717, 1.165) is 0 Å². The third-order valence-corrected chi connectivity index (χ3v) is 6.13. The highest BCUT2D eigenvalue weighted by Gasteiger charge is 2.33. The quantitative estimate of drug-likeness (QED) is 0.182. The van der Waals surface area contributed by atoms with E-state index in [0.29, 0.717) is 22.0 Å². The largest absolute Gasteiger partial charge is 0.481 e. The lowest BCUT2D eigenvalue weighted by Gasteiger charge is -2.14. The highest BCUT2D eigenvalue weighted by atomic mass is 16.7. The number of hydroxylamine groups is 2. The van der Waals surface area contributed by atoms with Crippen LogP contribution in [0.3, 0.4) is 0 Å². The Kier molecular flexibility index (Phi) is 8.42. The highest BCUT2D eigenvalue weighted by Crippen LogP contribution is 2.20. The van der Waals surface area contributed by atoms with Crippen molar-refractivity contribution in [3.63, 3.8) is 0 Å². The maximum Gasteiger partial charge on any atom is 0.333 e. The Labute approximate surface area is 225 Å². The minimum Gasteiger partial charge on any atom is -0.481 e. The first-order chi connectivity index (χ1) is 19.1. The number of H-pyrrole nitrogens is 1. The van der Waals surface area contributed by atoms with Gasteiger partial charge in [-0.2, -0.15) is 4.98 Å². The lowest BCUT2D eigenvalue weighted by Crippen LogP contribution is -2.32. The first-order valence-electron chi connectivity index (χ1n) is 12.3. The van der Waals surface area contributed by atoms with Crippen molar-refractivity contribution in [2.75, 3.05) is 11.1 Å². The number of carbonyl (C=O) groups is 5. The van der Waals surface area contributed by atoms with E-state index in [1.54, 1.807) is 24.3 Å². The number of carboxylic acids is 1. The molecule has 3 aromatic rings. The van der Waals surface area contributed by atoms with Crippen LogP contribution in [0.4, 0.5) is 11.6 Å². The number of amides is 2. The van der Waals surface area contributed by atoms with E-state index in [9.17, 15) is 33.9 Å². The number of nitrogens with two attached hydrogens (primary N) is 1. The van der Waals surface area contributed by atoms with Crippen LogP contribution in [0.2, 0.25) is 0 Å². The number of imide groups is 1. The normalized spacial score (nSPS) is 13.8. The second-order valence-electron chi connectivity index (χ2n) is 9.00. The number of carboxylic acid groups (broad SMARTS) is 1. The van der Waals surface area contributed by atoms with Crippen LogP contribution in [0.1, 0.15) is 54.6 Å². The zero-order chi connectivity index (χ0) is 28.8. The number of Topliss-reactive ketones (excluding diaryl/α,β-unsaturated/α-hetero) is 1. The Bertz CT molecular complexity index is 1520. The molecule has 15 nitrogen and oxygen atoms in total. The summed E-state index contributed by atoms with van der Waals surface area (Å²) in [6, 6.07) is 6.52. The fraction of sp³-hybridized carbons (Fsp3) is 0.320. The van der Waals surface area contributed by atoms with E-state index in [4.69, 9.17) is 10.6 Å². The molecule has 2 aromatic heterocycles. The molecule has 0 radical (unpaired) electrons. The Balaban J connectivity index is 1.26. The monoisotopic (exact) mass is 551 g/mol. The maximum absolute atomic E-state index is 12.6. The lowest BCUT2D eigenvalue weighted by atomic mass is 9.94. The number of nitrogen functional groups attached to an aromatic ring is 1. The fourth-order valence-electron chi connectivity index (χ4n) is 3.96. The van der Waals surface area contributed by atoms with Gasteiger partial charge in [-0.15, -0.1) is 5.06 Å². The van der Waals surface area contributed by atoms with Crippen LogP contribution in [0.15, 0.2) is 35.3 Å². The molecule has 1 saturated heterocycles. The van der Waals surface area contributed by atoms with Crippen molar-refractivity contribution in [1.82, 2.24) is 25.0 Å². The second kappa shape index (κ2) is 12.1. The molecular weight excluding hydrogens is 526 g/mol. The van der Waals surface area contributed by atoms with Crippen molar-refractivity contribution in [2.24, 2.45) is 5.92 Å². The van der Waals surface area contributed by atoms with Crippen LogP contribution in [0.5, 0.6) is 0 Å². The summed E-state index contributed by atoms with van der Waals surface area (Å²) >= 11 is 0. The third-order valence-electron chi connectivity index (χ3n) is 6.13. The second-order valence-corrected chi connectivity index (χ2v) is 9.00. The zero-order valence-electron chi connectivity index (χ0n) is 21.1. The molecule has 0 spiro atoms. The van der Waals surface area contributed by atoms with E-state index in [-0.39, 0.29) is 68.0 Å². The number of carbonyl (C=O) groups excluding carboxylic acids is 4. The van der Waals surface area contributed by atoms with Crippen molar-refractivity contribution >= 4 is 52.3 Å². The Morgan fingerprint density at radius 2 is 1.73 bits per heavy atom. The number of hydrogen-bond acceptors (Lipinski definition) is 12. The van der Waals surface area contributed by atoms with Crippen LogP contribution in [0.25, 0.3) is 11.2 Å². The predicted molar refractivity (Wildman–Crippen MR) is 137 cm³/mol. The SMILES string of the molecule is Nc1nc2ncc(CNc3ccc(C(=O)CCC(CCC(=O)ON4C(=O)CCC4=O)C(=O)O)cc3)nc2c(=O)[nH]1. The summed E-state index contributed by atoms with van der Waals surface area (Å²) in [5.41, 5.74) is 6.71. The van der Waals surface area contributed by atoms with Crippen molar-refractivity contribution < 1.29 is 33.9 Å². The van der Waals surface area contributed by atoms with Crippen molar-refractivity contribution in [3.05, 3.63) is 52.1 Å². The summed E-state index contributed by atoms with van der Waals surface area (Å²) < 4.78 is 0. The number of ketones is 1. The molecule has 1 fully saturated rings. The van der Waals surface area contributed by atoms with Crippen LogP contribution >= 0.6 is 0 Å². The van der Waals surface area contributed by atoms with Crippen LogP contribution < -0.4 is 16.6 Å². The van der Waals surface area contributed by atoms with Gasteiger partial charge >= 0.3 is 11.9 Å². The molecule has 1 aliphatic heterocycles. The molecule has 1 aromatic carbocycles. The Morgan fingerprint density at radius 1 is 1.05 bits per heavy atom. The summed E-state index contributed by atoms with van der Waals surface area (Å²) in [5, 5.41) is 13.0. The maximum atomic E-state index is 12.6. The molecule has 5 N–H and O–H groups in total. The van der Waals surface area contributed by atoms with E-state index in [2.05, 4.69) is 25.3 Å². The Hall–Kier alpha value is -5.21. The molecule has 1 aliphatic rings. The number of rotatable bonds is 12. The molecule has 0 saturated carbocycles. The van der Waals surface area contributed by atoms with Crippen molar-refractivity contribution in [3.8, 4) is 0 Å². The van der Waals surface area contributed by atoms with Gasteiger partial charge < -0.3 is 21.0 Å². The van der Waals surface area contributed by atoms with E-state index in [1.165, 1.54) is 6.20 Å². The molecule has 4 rings (SSSR count). The summed E-state index contributed by atoms with van der Waals surface area (Å²) in [6.45, 7) is 0.239. The van der Waals surface area contributed by atoms with Gasteiger partial charge in [-0.25, -0.2) is 14.8 Å². The summed E-state index contributed by atoms with van der Waals surface area (Å²) in [7, 11) is 0. The van der Waals surface area contributed by atoms with Gasteiger partial charge in [-0.3, -0.25) is 29.0 Å². The highest BCUT2D eigenvalue weighted by molar-refractivity contribution is 6.01. The minimum absolute atomic E-state index is 0.0106. The van der Waals surface area contributed by atoms with Crippen molar-refractivity contribution in [2.45, 2.75) is 45.1 Å². The number of aromatic nitrogens is 4. The molecule has 40 heavy (non-hydrogen) atoms. The van der Waals surface area contributed by atoms with Gasteiger partial charge in [0, 0.05) is 36.9 Å². The van der Waals surface area contributed by atoms with Gasteiger partial charge in [0.2, 0.25) is 5.95 Å². The smallest absolute Gasteiger partial charge is 0.333 e. The first kappa shape index (κ1) is 27.8. The zero-order valence-corrected chi connectivity index (χ0v) is 21.1. The molecule has 3 heterocycles. The molecule has 15 heteroatoms. The number of aromatic amines is 1. The number of nitrogens with zero attached hydrogens (tertiary/aromatic N) is 4. The van der Waals surface area contributed by atoms with E-state index < -0.39 is 35.2 Å². The van der Waals surface area contributed by atoms with E-state index >= 15 is 0 Å². The topological polar surface area (TPSA) is 228 Å². The summed E-state index contributed by atoms with van der Waals surface area (Å²) in [4.78, 5) is 90.7.